The van der Waals surface area contributed by atoms with Crippen LogP contribution >= 0.6 is 0 Å². The van der Waals surface area contributed by atoms with Gasteiger partial charge < -0.3 is 4.42 Å². The lowest BCUT2D eigenvalue weighted by atomic mass is 9.92. The van der Waals surface area contributed by atoms with E-state index in [1.165, 1.54) is 27.6 Å². The smallest absolute Gasteiger partial charge is 0.246 e. The van der Waals surface area contributed by atoms with Crippen molar-refractivity contribution in [3.05, 3.63) is 96.1 Å². The first-order valence-electron chi connectivity index (χ1n) is 12.1. The molecule has 0 aliphatic carbocycles. The van der Waals surface area contributed by atoms with Gasteiger partial charge in [0.15, 0.2) is 0 Å². The zero-order valence-corrected chi connectivity index (χ0v) is 20.0. The quantitative estimate of drug-likeness (QED) is 0.272. The third kappa shape index (κ3) is 3.07. The Balaban J connectivity index is 1.86. The van der Waals surface area contributed by atoms with Crippen LogP contribution in [0, 0.1) is 0 Å². The molecule has 0 N–H and O–H groups in total. The van der Waals surface area contributed by atoms with Crippen molar-refractivity contribution in [2.24, 2.45) is 0 Å². The molecule has 0 aliphatic heterocycles. The molecule has 0 spiro atoms. The van der Waals surface area contributed by atoms with Crippen LogP contribution in [0.3, 0.4) is 0 Å². The lowest BCUT2D eigenvalue weighted by Gasteiger charge is -2.22. The number of para-hydroxylation sites is 1. The van der Waals surface area contributed by atoms with Crippen molar-refractivity contribution in [3.8, 4) is 17.1 Å². The summed E-state index contributed by atoms with van der Waals surface area (Å²) in [6.07, 6.45) is 0. The fraction of sp³-hybridized carbons (Fsp3) is 0.194. The molecule has 2 heterocycles. The van der Waals surface area contributed by atoms with E-state index in [4.69, 9.17) is 9.40 Å². The molecule has 2 aromatic heterocycles. The van der Waals surface area contributed by atoms with E-state index in [0.717, 1.165) is 27.9 Å². The van der Waals surface area contributed by atoms with E-state index in [1.807, 2.05) is 6.07 Å². The number of furan rings is 1. The number of benzene rings is 4. The van der Waals surface area contributed by atoms with E-state index < -0.39 is 0 Å². The van der Waals surface area contributed by atoms with Gasteiger partial charge in [0, 0.05) is 5.56 Å². The molecule has 168 valence electrons. The first kappa shape index (κ1) is 20.7. The van der Waals surface area contributed by atoms with Crippen LogP contribution < -0.4 is 0 Å². The standard InChI is InChI=1S/C31H28N2O/c1-19(2)23-15-10-16-24(20(3)4)28(23)33-29-27-25-14-9-8-11-21(25)17-18-26(27)34-31(29)32-30(33)22-12-6-5-7-13-22/h5-20H,1-4H3. The summed E-state index contributed by atoms with van der Waals surface area (Å²) in [4.78, 5) is 5.10. The molecule has 3 nitrogen and oxygen atoms in total. The maximum atomic E-state index is 6.39. The van der Waals surface area contributed by atoms with Crippen LogP contribution in [0.15, 0.2) is 89.3 Å². The van der Waals surface area contributed by atoms with Crippen LogP contribution in [0.2, 0.25) is 0 Å². The van der Waals surface area contributed by atoms with E-state index in [-0.39, 0.29) is 0 Å². The molecular weight excluding hydrogens is 416 g/mol. The lowest BCUT2D eigenvalue weighted by Crippen LogP contribution is -2.08. The highest BCUT2D eigenvalue weighted by Gasteiger charge is 2.26. The predicted molar refractivity (Wildman–Crippen MR) is 142 cm³/mol. The van der Waals surface area contributed by atoms with E-state index in [9.17, 15) is 0 Å². The number of hydrogen-bond donors (Lipinski definition) is 0. The number of rotatable bonds is 4. The minimum atomic E-state index is 0.365. The van der Waals surface area contributed by atoms with Crippen LogP contribution in [0.4, 0.5) is 0 Å². The number of nitrogens with zero attached hydrogens (tertiary/aromatic N) is 2. The Hall–Kier alpha value is -3.85. The fourth-order valence-corrected chi connectivity index (χ4v) is 5.14. The minimum absolute atomic E-state index is 0.365. The number of hydrogen-bond acceptors (Lipinski definition) is 2. The maximum Gasteiger partial charge on any atom is 0.246 e. The number of aromatic nitrogens is 2. The minimum Gasteiger partial charge on any atom is -0.436 e. The van der Waals surface area contributed by atoms with Gasteiger partial charge in [-0.1, -0.05) is 107 Å². The van der Waals surface area contributed by atoms with Gasteiger partial charge in [-0.3, -0.25) is 4.57 Å². The predicted octanol–water partition coefficient (Wildman–Crippen LogP) is 8.84. The van der Waals surface area contributed by atoms with Crippen molar-refractivity contribution in [2.75, 3.05) is 0 Å². The summed E-state index contributed by atoms with van der Waals surface area (Å²) in [7, 11) is 0. The Bertz CT molecular complexity index is 1630. The van der Waals surface area contributed by atoms with Crippen molar-refractivity contribution in [2.45, 2.75) is 39.5 Å². The second kappa shape index (κ2) is 7.88. The summed E-state index contributed by atoms with van der Waals surface area (Å²) < 4.78 is 8.76. The zero-order chi connectivity index (χ0) is 23.4. The summed E-state index contributed by atoms with van der Waals surface area (Å²) in [6.45, 7) is 9.06. The Morgan fingerprint density at radius 3 is 2.09 bits per heavy atom. The van der Waals surface area contributed by atoms with Gasteiger partial charge in [-0.15, -0.1) is 0 Å². The molecule has 6 rings (SSSR count). The molecule has 0 aliphatic rings. The van der Waals surface area contributed by atoms with E-state index in [0.29, 0.717) is 17.5 Å². The number of fused-ring (bicyclic) bond motifs is 5. The molecule has 4 aromatic carbocycles. The number of imidazole rings is 1. The summed E-state index contributed by atoms with van der Waals surface area (Å²) in [5.41, 5.74) is 7.53. The van der Waals surface area contributed by atoms with Gasteiger partial charge in [0.2, 0.25) is 5.71 Å². The van der Waals surface area contributed by atoms with Crippen molar-refractivity contribution in [3.63, 3.8) is 0 Å². The molecular formula is C31H28N2O. The molecule has 0 saturated carbocycles. The van der Waals surface area contributed by atoms with Crippen LogP contribution in [0.1, 0.15) is 50.7 Å². The molecule has 0 fully saturated rings. The molecule has 6 aromatic rings. The topological polar surface area (TPSA) is 31.0 Å². The second-order valence-corrected chi connectivity index (χ2v) is 9.65. The Morgan fingerprint density at radius 2 is 1.38 bits per heavy atom. The Kier molecular flexibility index (Phi) is 4.80. The average molecular weight is 445 g/mol. The van der Waals surface area contributed by atoms with Gasteiger partial charge in [0.05, 0.1) is 11.1 Å². The van der Waals surface area contributed by atoms with Gasteiger partial charge in [-0.2, -0.15) is 4.98 Å². The maximum absolute atomic E-state index is 6.39. The zero-order valence-electron chi connectivity index (χ0n) is 20.0. The molecule has 0 bridgehead atoms. The molecule has 0 radical (unpaired) electrons. The SMILES string of the molecule is CC(C)c1cccc(C(C)C)c1-n1c(-c2ccccc2)nc2oc3ccc4ccccc4c3c21. The highest BCUT2D eigenvalue weighted by Crippen LogP contribution is 2.42. The average Bonchev–Trinajstić information content (AvgIpc) is 3.40. The molecule has 0 unspecified atom stereocenters. The highest BCUT2D eigenvalue weighted by atomic mass is 16.3. The molecule has 0 amide bonds. The van der Waals surface area contributed by atoms with Gasteiger partial charge in [-0.25, -0.2) is 0 Å². The molecule has 34 heavy (non-hydrogen) atoms. The Morgan fingerprint density at radius 1 is 0.706 bits per heavy atom. The van der Waals surface area contributed by atoms with Crippen LogP contribution in [-0.2, 0) is 0 Å². The summed E-state index contributed by atoms with van der Waals surface area (Å²) >= 11 is 0. The van der Waals surface area contributed by atoms with E-state index >= 15 is 0 Å². The largest absolute Gasteiger partial charge is 0.436 e. The van der Waals surface area contributed by atoms with Crippen molar-refractivity contribution < 1.29 is 4.42 Å². The van der Waals surface area contributed by atoms with Crippen LogP contribution in [-0.4, -0.2) is 9.55 Å². The van der Waals surface area contributed by atoms with E-state index in [1.54, 1.807) is 0 Å². The second-order valence-electron chi connectivity index (χ2n) is 9.65. The normalized spacial score (nSPS) is 12.1. The van der Waals surface area contributed by atoms with Crippen molar-refractivity contribution in [1.82, 2.24) is 9.55 Å². The summed E-state index contributed by atoms with van der Waals surface area (Å²) in [5.74, 6) is 1.65. The first-order chi connectivity index (χ1) is 16.5. The van der Waals surface area contributed by atoms with Crippen molar-refractivity contribution in [1.29, 1.82) is 0 Å². The molecule has 0 saturated heterocycles. The third-order valence-electron chi connectivity index (χ3n) is 6.78. The van der Waals surface area contributed by atoms with Gasteiger partial charge in [0.25, 0.3) is 0 Å². The monoisotopic (exact) mass is 444 g/mol. The highest BCUT2D eigenvalue weighted by molar-refractivity contribution is 6.18. The van der Waals surface area contributed by atoms with Crippen LogP contribution in [0.25, 0.3) is 50.0 Å². The fourth-order valence-electron chi connectivity index (χ4n) is 5.14. The van der Waals surface area contributed by atoms with Gasteiger partial charge in [0.1, 0.15) is 16.9 Å². The third-order valence-corrected chi connectivity index (χ3v) is 6.78. The molecule has 3 heteroatoms. The van der Waals surface area contributed by atoms with Gasteiger partial charge >= 0.3 is 0 Å². The summed E-state index contributed by atoms with van der Waals surface area (Å²) in [5, 5.41) is 3.51. The lowest BCUT2D eigenvalue weighted by molar-refractivity contribution is 0.656. The first-order valence-corrected chi connectivity index (χ1v) is 12.1. The molecule has 0 atom stereocenters. The Labute approximate surface area is 199 Å². The van der Waals surface area contributed by atoms with E-state index in [2.05, 4.69) is 111 Å². The van der Waals surface area contributed by atoms with Crippen LogP contribution in [0.5, 0.6) is 0 Å². The van der Waals surface area contributed by atoms with Gasteiger partial charge in [-0.05, 0) is 39.8 Å². The van der Waals surface area contributed by atoms with Crippen molar-refractivity contribution >= 4 is 33.0 Å². The summed E-state index contributed by atoms with van der Waals surface area (Å²) in [6, 6.07) is 29.9.